The molecule has 19 heavy (non-hydrogen) atoms. The molecule has 4 nitrogen and oxygen atoms in total. The Morgan fingerprint density at radius 3 is 2.79 bits per heavy atom. The highest BCUT2D eigenvalue weighted by molar-refractivity contribution is 9.10. The molecule has 2 N–H and O–H groups in total. The van der Waals surface area contributed by atoms with Crippen LogP contribution < -0.4 is 10.6 Å². The fourth-order valence-corrected chi connectivity index (χ4v) is 2.75. The molecule has 0 aliphatic rings. The van der Waals surface area contributed by atoms with Crippen molar-refractivity contribution in [2.24, 2.45) is 5.18 Å². The third-order valence-electron chi connectivity index (χ3n) is 2.81. The van der Waals surface area contributed by atoms with E-state index in [1.165, 1.54) is 16.7 Å². The average Bonchev–Trinajstić information content (AvgIpc) is 2.36. The second kappa shape index (κ2) is 8.22. The Morgan fingerprint density at radius 1 is 1.42 bits per heavy atom. The zero-order valence-corrected chi connectivity index (χ0v) is 13.5. The molecule has 6 heteroatoms. The van der Waals surface area contributed by atoms with Crippen molar-refractivity contribution in [2.45, 2.75) is 26.8 Å². The summed E-state index contributed by atoms with van der Waals surface area (Å²) in [6.07, 6.45) is 0.991. The van der Waals surface area contributed by atoms with Crippen LogP contribution in [0.15, 0.2) is 21.8 Å². The van der Waals surface area contributed by atoms with E-state index in [0.29, 0.717) is 18.2 Å². The number of hydrogen-bond acceptors (Lipinski definition) is 3. The van der Waals surface area contributed by atoms with E-state index in [1.54, 1.807) is 0 Å². The predicted octanol–water partition coefficient (Wildman–Crippen LogP) is 3.05. The molecule has 104 valence electrons. The van der Waals surface area contributed by atoms with Gasteiger partial charge in [-0.25, -0.2) is 0 Å². The summed E-state index contributed by atoms with van der Waals surface area (Å²) < 4.78 is 1.07. The fraction of sp³-hybridized carbons (Fsp3) is 0.462. The van der Waals surface area contributed by atoms with Crippen molar-refractivity contribution in [3.05, 3.63) is 38.2 Å². The van der Waals surface area contributed by atoms with Crippen LogP contribution >= 0.6 is 28.1 Å². The zero-order chi connectivity index (χ0) is 14.3. The van der Waals surface area contributed by atoms with Crippen molar-refractivity contribution in [2.75, 3.05) is 13.1 Å². The van der Waals surface area contributed by atoms with Crippen molar-refractivity contribution in [3.63, 3.8) is 0 Å². The van der Waals surface area contributed by atoms with Gasteiger partial charge in [-0.2, -0.15) is 4.91 Å². The summed E-state index contributed by atoms with van der Waals surface area (Å²) >= 11 is 8.65. The lowest BCUT2D eigenvalue weighted by atomic mass is 10.00. The standard InChI is InChI=1S/C13H18BrN3OS/c1-3-12-9(2)6-11(14)7-10(12)8-16-13(19)15-4-5-17-18/h6-7H,3-5,8H2,1-2H3,(H2,15,16,19). The maximum Gasteiger partial charge on any atom is 0.166 e. The van der Waals surface area contributed by atoms with Crippen LogP contribution in [0.2, 0.25) is 0 Å². The van der Waals surface area contributed by atoms with Gasteiger partial charge < -0.3 is 10.6 Å². The number of nitroso groups, excluding NO2 is 1. The van der Waals surface area contributed by atoms with Crippen LogP contribution in [-0.4, -0.2) is 18.2 Å². The summed E-state index contributed by atoms with van der Waals surface area (Å²) in [5.41, 5.74) is 3.85. The van der Waals surface area contributed by atoms with Gasteiger partial charge in [-0.1, -0.05) is 28.0 Å². The van der Waals surface area contributed by atoms with Crippen molar-refractivity contribution in [1.29, 1.82) is 0 Å². The number of thiocarbonyl (C=S) groups is 1. The first-order chi connectivity index (χ1) is 9.08. The molecule has 0 spiro atoms. The van der Waals surface area contributed by atoms with Gasteiger partial charge in [0, 0.05) is 17.6 Å². The quantitative estimate of drug-likeness (QED) is 0.473. The number of rotatable bonds is 6. The molecular formula is C13H18BrN3OS. The second-order valence-corrected chi connectivity index (χ2v) is 5.50. The lowest BCUT2D eigenvalue weighted by Gasteiger charge is -2.14. The number of benzene rings is 1. The Hall–Kier alpha value is -1.01. The van der Waals surface area contributed by atoms with Crippen LogP contribution in [0.5, 0.6) is 0 Å². The first kappa shape index (κ1) is 16.0. The molecule has 0 aromatic heterocycles. The lowest BCUT2D eigenvalue weighted by molar-refractivity contribution is 0.812. The summed E-state index contributed by atoms with van der Waals surface area (Å²) in [5.74, 6) is 0. The molecule has 0 aliphatic heterocycles. The molecule has 0 aliphatic carbocycles. The molecule has 0 saturated carbocycles. The Morgan fingerprint density at radius 2 is 2.16 bits per heavy atom. The third kappa shape index (κ3) is 5.24. The highest BCUT2D eigenvalue weighted by atomic mass is 79.9. The van der Waals surface area contributed by atoms with Gasteiger partial charge in [0.2, 0.25) is 0 Å². The molecule has 0 bridgehead atoms. The summed E-state index contributed by atoms with van der Waals surface area (Å²) in [4.78, 5) is 9.97. The zero-order valence-electron chi connectivity index (χ0n) is 11.1. The summed E-state index contributed by atoms with van der Waals surface area (Å²) in [7, 11) is 0. The maximum atomic E-state index is 9.97. The Bertz CT molecular complexity index is 465. The minimum Gasteiger partial charge on any atom is -0.361 e. The number of aryl methyl sites for hydroxylation is 1. The SMILES string of the molecule is CCc1c(C)cc(Br)cc1CNC(=S)NCCN=O. The molecule has 0 heterocycles. The molecule has 0 atom stereocenters. The first-order valence-electron chi connectivity index (χ1n) is 6.17. The Balaban J connectivity index is 2.62. The van der Waals surface area contributed by atoms with Gasteiger partial charge in [-0.05, 0) is 54.4 Å². The van der Waals surface area contributed by atoms with Gasteiger partial charge in [0.25, 0.3) is 0 Å². The molecule has 0 unspecified atom stereocenters. The molecule has 1 aromatic rings. The van der Waals surface area contributed by atoms with E-state index >= 15 is 0 Å². The van der Waals surface area contributed by atoms with Crippen LogP contribution in [0.4, 0.5) is 0 Å². The van der Waals surface area contributed by atoms with Crippen molar-refractivity contribution >= 4 is 33.3 Å². The maximum absolute atomic E-state index is 9.97. The van der Waals surface area contributed by atoms with Gasteiger partial charge in [-0.15, -0.1) is 0 Å². The third-order valence-corrected chi connectivity index (χ3v) is 3.56. The van der Waals surface area contributed by atoms with E-state index in [1.807, 2.05) is 0 Å². The van der Waals surface area contributed by atoms with Crippen LogP contribution in [0.1, 0.15) is 23.6 Å². The number of halogens is 1. The summed E-state index contributed by atoms with van der Waals surface area (Å²) in [6, 6.07) is 4.23. The van der Waals surface area contributed by atoms with Gasteiger partial charge in [0.15, 0.2) is 5.11 Å². The van der Waals surface area contributed by atoms with Gasteiger partial charge >= 0.3 is 0 Å². The molecule has 0 saturated heterocycles. The van der Waals surface area contributed by atoms with E-state index < -0.39 is 0 Å². The molecule has 1 rings (SSSR count). The topological polar surface area (TPSA) is 53.5 Å². The normalized spacial score (nSPS) is 10.1. The first-order valence-corrected chi connectivity index (χ1v) is 7.37. The van der Waals surface area contributed by atoms with Crippen LogP contribution in [0.25, 0.3) is 0 Å². The van der Waals surface area contributed by atoms with Crippen LogP contribution in [0.3, 0.4) is 0 Å². The van der Waals surface area contributed by atoms with E-state index in [0.717, 1.165) is 10.9 Å². The van der Waals surface area contributed by atoms with Gasteiger partial charge in [-0.3, -0.25) is 0 Å². The van der Waals surface area contributed by atoms with Crippen molar-refractivity contribution < 1.29 is 0 Å². The van der Waals surface area contributed by atoms with E-state index in [2.05, 4.69) is 57.7 Å². The fourth-order valence-electron chi connectivity index (χ4n) is 1.96. The Kier molecular flexibility index (Phi) is 6.94. The minimum atomic E-state index is 0.220. The molecule has 0 radical (unpaired) electrons. The predicted molar refractivity (Wildman–Crippen MR) is 86.4 cm³/mol. The average molecular weight is 344 g/mol. The van der Waals surface area contributed by atoms with Crippen molar-refractivity contribution in [3.8, 4) is 0 Å². The van der Waals surface area contributed by atoms with E-state index in [4.69, 9.17) is 12.2 Å². The second-order valence-electron chi connectivity index (χ2n) is 4.18. The van der Waals surface area contributed by atoms with E-state index in [-0.39, 0.29) is 6.54 Å². The summed E-state index contributed by atoms with van der Waals surface area (Å²) in [6.45, 7) is 5.61. The molecule has 0 amide bonds. The smallest absolute Gasteiger partial charge is 0.166 e. The number of hydrogen-bond donors (Lipinski definition) is 2. The highest BCUT2D eigenvalue weighted by Crippen LogP contribution is 2.21. The van der Waals surface area contributed by atoms with Crippen LogP contribution in [-0.2, 0) is 13.0 Å². The number of nitrogens with zero attached hydrogens (tertiary/aromatic N) is 1. The lowest BCUT2D eigenvalue weighted by Crippen LogP contribution is -2.36. The molecule has 0 fully saturated rings. The monoisotopic (exact) mass is 343 g/mol. The molecule has 1 aromatic carbocycles. The minimum absolute atomic E-state index is 0.220. The van der Waals surface area contributed by atoms with Gasteiger partial charge in [0.1, 0.15) is 0 Å². The Labute approximate surface area is 127 Å². The van der Waals surface area contributed by atoms with Crippen LogP contribution in [0, 0.1) is 11.8 Å². The molecular weight excluding hydrogens is 326 g/mol. The van der Waals surface area contributed by atoms with Crippen molar-refractivity contribution in [1.82, 2.24) is 10.6 Å². The summed E-state index contributed by atoms with van der Waals surface area (Å²) in [5, 5.41) is 9.39. The van der Waals surface area contributed by atoms with Gasteiger partial charge in [0.05, 0.1) is 6.54 Å². The van der Waals surface area contributed by atoms with E-state index in [9.17, 15) is 4.91 Å². The largest absolute Gasteiger partial charge is 0.361 e. The highest BCUT2D eigenvalue weighted by Gasteiger charge is 2.06. The number of nitrogens with one attached hydrogen (secondary N) is 2.